The Labute approximate surface area is 99.5 Å². The third-order valence-electron chi connectivity index (χ3n) is 2.63. The molecule has 1 N–H and O–H groups in total. The van der Waals surface area contributed by atoms with Crippen molar-refractivity contribution in [1.82, 2.24) is 9.78 Å². The molecule has 0 unspecified atom stereocenters. The fourth-order valence-electron chi connectivity index (χ4n) is 1.59. The molecule has 2 aromatic rings. The average molecular weight is 230 g/mol. The third-order valence-corrected chi connectivity index (χ3v) is 2.63. The van der Waals surface area contributed by atoms with Gasteiger partial charge in [-0.3, -0.25) is 0 Å². The Bertz CT molecular complexity index is 527. The molecule has 1 aromatic heterocycles. The summed E-state index contributed by atoms with van der Waals surface area (Å²) in [5, 5.41) is 12.8. The number of carboxylic acid groups (broad SMARTS) is 1. The summed E-state index contributed by atoms with van der Waals surface area (Å²) in [6.07, 6.45) is 1.65. The van der Waals surface area contributed by atoms with Gasteiger partial charge >= 0.3 is 5.97 Å². The lowest BCUT2D eigenvalue weighted by molar-refractivity contribution is 0.0690. The maximum absolute atomic E-state index is 10.7. The molecule has 88 valence electrons. The van der Waals surface area contributed by atoms with Gasteiger partial charge in [-0.2, -0.15) is 5.10 Å². The first-order valence-corrected chi connectivity index (χ1v) is 5.47. The van der Waals surface area contributed by atoms with E-state index in [1.54, 1.807) is 10.9 Å². The van der Waals surface area contributed by atoms with Gasteiger partial charge in [0.15, 0.2) is 5.69 Å². The minimum Gasteiger partial charge on any atom is -0.476 e. The molecule has 4 nitrogen and oxygen atoms in total. The van der Waals surface area contributed by atoms with Crippen molar-refractivity contribution in [3.8, 4) is 5.69 Å². The minimum atomic E-state index is -1.01. The van der Waals surface area contributed by atoms with E-state index >= 15 is 0 Å². The first-order valence-electron chi connectivity index (χ1n) is 5.47. The predicted octanol–water partition coefficient (Wildman–Crippen LogP) is 2.69. The molecule has 0 fully saturated rings. The van der Waals surface area contributed by atoms with Gasteiger partial charge in [-0.15, -0.1) is 0 Å². The highest BCUT2D eigenvalue weighted by Gasteiger charge is 2.07. The molecule has 0 spiro atoms. The molecule has 1 heterocycles. The molecule has 0 aliphatic carbocycles. The maximum Gasteiger partial charge on any atom is 0.356 e. The van der Waals surface area contributed by atoms with Crippen LogP contribution in [-0.2, 0) is 0 Å². The number of aromatic carboxylic acids is 1. The van der Waals surface area contributed by atoms with E-state index in [-0.39, 0.29) is 5.69 Å². The summed E-state index contributed by atoms with van der Waals surface area (Å²) < 4.78 is 1.56. The Balaban J connectivity index is 2.30. The Kier molecular flexibility index (Phi) is 2.95. The molecule has 4 heteroatoms. The first-order chi connectivity index (χ1) is 8.08. The summed E-state index contributed by atoms with van der Waals surface area (Å²) in [6.45, 7) is 4.26. The normalized spacial score (nSPS) is 10.8. The predicted molar refractivity (Wildman–Crippen MR) is 64.6 cm³/mol. The second kappa shape index (κ2) is 4.41. The maximum atomic E-state index is 10.7. The number of aromatic nitrogens is 2. The quantitative estimate of drug-likeness (QED) is 0.882. The van der Waals surface area contributed by atoms with Crippen molar-refractivity contribution < 1.29 is 9.90 Å². The van der Waals surface area contributed by atoms with Crippen LogP contribution < -0.4 is 0 Å². The number of carbonyl (C=O) groups is 1. The van der Waals surface area contributed by atoms with Crippen LogP contribution in [0.4, 0.5) is 0 Å². The minimum absolute atomic E-state index is 0.0536. The number of hydrogen-bond donors (Lipinski definition) is 1. The van der Waals surface area contributed by atoms with Gasteiger partial charge in [-0.05, 0) is 29.7 Å². The molecule has 0 atom stereocenters. The molecule has 0 radical (unpaired) electrons. The molecule has 0 saturated heterocycles. The molecule has 2 rings (SSSR count). The lowest BCUT2D eigenvalue weighted by Crippen LogP contribution is -2.01. The van der Waals surface area contributed by atoms with Crippen LogP contribution in [0.3, 0.4) is 0 Å². The molecular formula is C13H14N2O2. The largest absolute Gasteiger partial charge is 0.476 e. The fourth-order valence-corrected chi connectivity index (χ4v) is 1.59. The van der Waals surface area contributed by atoms with Gasteiger partial charge in [0.2, 0.25) is 0 Å². The molecule has 0 bridgehead atoms. The summed E-state index contributed by atoms with van der Waals surface area (Å²) in [6, 6.07) is 9.42. The average Bonchev–Trinajstić information content (AvgIpc) is 2.78. The number of carboxylic acids is 1. The van der Waals surface area contributed by atoms with Crippen molar-refractivity contribution in [2.24, 2.45) is 0 Å². The highest BCUT2D eigenvalue weighted by molar-refractivity contribution is 5.85. The van der Waals surface area contributed by atoms with E-state index in [4.69, 9.17) is 5.11 Å². The Morgan fingerprint density at radius 2 is 1.88 bits per heavy atom. The Morgan fingerprint density at radius 3 is 2.35 bits per heavy atom. The highest BCUT2D eigenvalue weighted by Crippen LogP contribution is 2.16. The summed E-state index contributed by atoms with van der Waals surface area (Å²) in [7, 11) is 0. The van der Waals surface area contributed by atoms with Crippen LogP contribution in [0.15, 0.2) is 36.5 Å². The van der Waals surface area contributed by atoms with E-state index in [0.717, 1.165) is 5.69 Å². The van der Waals surface area contributed by atoms with Crippen molar-refractivity contribution in [2.45, 2.75) is 19.8 Å². The smallest absolute Gasteiger partial charge is 0.356 e. The van der Waals surface area contributed by atoms with Crippen molar-refractivity contribution in [2.75, 3.05) is 0 Å². The third kappa shape index (κ3) is 2.36. The molecule has 0 aliphatic rings. The van der Waals surface area contributed by atoms with E-state index in [0.29, 0.717) is 5.92 Å². The molecular weight excluding hydrogens is 216 g/mol. The van der Waals surface area contributed by atoms with Crippen LogP contribution in [0.1, 0.15) is 35.8 Å². The second-order valence-corrected chi connectivity index (χ2v) is 4.20. The Hall–Kier alpha value is -2.10. The van der Waals surface area contributed by atoms with E-state index in [9.17, 15) is 4.79 Å². The van der Waals surface area contributed by atoms with E-state index in [1.165, 1.54) is 11.6 Å². The van der Waals surface area contributed by atoms with Gasteiger partial charge in [0.1, 0.15) is 0 Å². The summed E-state index contributed by atoms with van der Waals surface area (Å²) in [4.78, 5) is 10.7. The van der Waals surface area contributed by atoms with Gasteiger partial charge < -0.3 is 5.11 Å². The lowest BCUT2D eigenvalue weighted by Gasteiger charge is -2.06. The van der Waals surface area contributed by atoms with Crippen LogP contribution in [0.5, 0.6) is 0 Å². The van der Waals surface area contributed by atoms with Crippen molar-refractivity contribution in [3.05, 3.63) is 47.8 Å². The number of benzene rings is 1. The topological polar surface area (TPSA) is 55.1 Å². The first kappa shape index (κ1) is 11.4. The second-order valence-electron chi connectivity index (χ2n) is 4.20. The molecule has 0 aliphatic heterocycles. The van der Waals surface area contributed by atoms with E-state index < -0.39 is 5.97 Å². The van der Waals surface area contributed by atoms with Crippen molar-refractivity contribution in [3.63, 3.8) is 0 Å². The SMILES string of the molecule is CC(C)c1ccc(-n2ccc(C(=O)O)n2)cc1. The molecule has 0 amide bonds. The van der Waals surface area contributed by atoms with Gasteiger partial charge in [-0.1, -0.05) is 26.0 Å². The number of hydrogen-bond acceptors (Lipinski definition) is 2. The summed E-state index contributed by atoms with van der Waals surface area (Å²) in [5.41, 5.74) is 2.17. The van der Waals surface area contributed by atoms with Crippen molar-refractivity contribution >= 4 is 5.97 Å². The van der Waals surface area contributed by atoms with Gasteiger partial charge in [-0.25, -0.2) is 9.48 Å². The zero-order chi connectivity index (χ0) is 12.4. The van der Waals surface area contributed by atoms with E-state index in [2.05, 4.69) is 18.9 Å². The zero-order valence-electron chi connectivity index (χ0n) is 9.79. The fraction of sp³-hybridized carbons (Fsp3) is 0.231. The van der Waals surface area contributed by atoms with E-state index in [1.807, 2.05) is 24.3 Å². The number of rotatable bonds is 3. The Morgan fingerprint density at radius 1 is 1.24 bits per heavy atom. The summed E-state index contributed by atoms with van der Waals surface area (Å²) >= 11 is 0. The molecule has 0 saturated carbocycles. The van der Waals surface area contributed by atoms with Crippen LogP contribution in [0.2, 0.25) is 0 Å². The van der Waals surface area contributed by atoms with Gasteiger partial charge in [0, 0.05) is 6.20 Å². The van der Waals surface area contributed by atoms with Crippen LogP contribution in [0, 0.1) is 0 Å². The van der Waals surface area contributed by atoms with Crippen LogP contribution in [0.25, 0.3) is 5.69 Å². The standard InChI is InChI=1S/C13H14N2O2/c1-9(2)10-3-5-11(6-4-10)15-8-7-12(14-15)13(16)17/h3-9H,1-2H3,(H,16,17). The summed E-state index contributed by atoms with van der Waals surface area (Å²) in [5.74, 6) is -0.529. The zero-order valence-corrected chi connectivity index (χ0v) is 9.79. The highest BCUT2D eigenvalue weighted by atomic mass is 16.4. The number of nitrogens with zero attached hydrogens (tertiary/aromatic N) is 2. The monoisotopic (exact) mass is 230 g/mol. The van der Waals surface area contributed by atoms with Crippen LogP contribution in [-0.4, -0.2) is 20.9 Å². The van der Waals surface area contributed by atoms with Crippen molar-refractivity contribution in [1.29, 1.82) is 0 Å². The molecule has 1 aromatic carbocycles. The van der Waals surface area contributed by atoms with Gasteiger partial charge in [0.05, 0.1) is 5.69 Å². The van der Waals surface area contributed by atoms with Crippen LogP contribution >= 0.6 is 0 Å². The van der Waals surface area contributed by atoms with Gasteiger partial charge in [0.25, 0.3) is 0 Å². The molecule has 17 heavy (non-hydrogen) atoms. The lowest BCUT2D eigenvalue weighted by atomic mass is 10.0.